The van der Waals surface area contributed by atoms with E-state index in [0.29, 0.717) is 5.92 Å². The van der Waals surface area contributed by atoms with Crippen molar-refractivity contribution in [2.45, 2.75) is 51.4 Å². The van der Waals surface area contributed by atoms with Crippen molar-refractivity contribution in [2.24, 2.45) is 0 Å². The number of hydrogen-bond acceptors (Lipinski definition) is 3. The van der Waals surface area contributed by atoms with Gasteiger partial charge in [-0.25, -0.2) is 14.8 Å². The van der Waals surface area contributed by atoms with Crippen molar-refractivity contribution in [2.75, 3.05) is 0 Å². The average Bonchev–Trinajstić information content (AvgIpc) is 2.56. The Morgan fingerprint density at radius 1 is 1.24 bits per heavy atom. The van der Waals surface area contributed by atoms with Crippen molar-refractivity contribution < 1.29 is 9.90 Å². The van der Waals surface area contributed by atoms with Gasteiger partial charge in [-0.1, -0.05) is 25.7 Å². The second-order valence-electron chi connectivity index (χ2n) is 4.75. The minimum absolute atomic E-state index is 0.122. The van der Waals surface area contributed by atoms with Crippen LogP contribution in [0.25, 0.3) is 0 Å². The van der Waals surface area contributed by atoms with E-state index in [0.717, 1.165) is 24.4 Å². The first-order valence-corrected chi connectivity index (χ1v) is 6.25. The average molecular weight is 234 g/mol. The van der Waals surface area contributed by atoms with Gasteiger partial charge in [0.05, 0.1) is 0 Å². The maximum absolute atomic E-state index is 11.0. The van der Waals surface area contributed by atoms with Crippen molar-refractivity contribution in [1.82, 2.24) is 9.97 Å². The van der Waals surface area contributed by atoms with E-state index in [-0.39, 0.29) is 5.69 Å². The highest BCUT2D eigenvalue weighted by molar-refractivity contribution is 5.85. The van der Waals surface area contributed by atoms with Gasteiger partial charge in [0, 0.05) is 11.6 Å². The molecule has 17 heavy (non-hydrogen) atoms. The van der Waals surface area contributed by atoms with Crippen LogP contribution in [-0.2, 0) is 0 Å². The standard InChI is InChI=1S/C13H18N2O2/c1-9-8-11(13(16)17)15-12(14-9)10-6-4-2-3-5-7-10/h8,10H,2-7H2,1H3,(H,16,17). The van der Waals surface area contributed by atoms with Crippen molar-refractivity contribution in [3.05, 3.63) is 23.3 Å². The highest BCUT2D eigenvalue weighted by Crippen LogP contribution is 2.29. The predicted octanol–water partition coefficient (Wildman–Crippen LogP) is 2.92. The van der Waals surface area contributed by atoms with Crippen molar-refractivity contribution in [1.29, 1.82) is 0 Å². The molecule has 1 N–H and O–H groups in total. The quantitative estimate of drug-likeness (QED) is 0.799. The van der Waals surface area contributed by atoms with Gasteiger partial charge in [-0.15, -0.1) is 0 Å². The predicted molar refractivity (Wildman–Crippen MR) is 64.2 cm³/mol. The van der Waals surface area contributed by atoms with Gasteiger partial charge in [0.25, 0.3) is 0 Å². The molecule has 1 aromatic rings. The molecular weight excluding hydrogens is 216 g/mol. The fourth-order valence-electron chi connectivity index (χ4n) is 2.42. The summed E-state index contributed by atoms with van der Waals surface area (Å²) < 4.78 is 0. The summed E-state index contributed by atoms with van der Waals surface area (Å²) >= 11 is 0. The Balaban J connectivity index is 2.27. The smallest absolute Gasteiger partial charge is 0.354 e. The van der Waals surface area contributed by atoms with Crippen LogP contribution in [0.5, 0.6) is 0 Å². The number of aromatic nitrogens is 2. The van der Waals surface area contributed by atoms with Gasteiger partial charge in [-0.3, -0.25) is 0 Å². The summed E-state index contributed by atoms with van der Waals surface area (Å²) in [4.78, 5) is 19.6. The molecule has 2 rings (SSSR count). The van der Waals surface area contributed by atoms with Gasteiger partial charge in [-0.05, 0) is 25.8 Å². The number of aromatic carboxylic acids is 1. The molecule has 0 unspecified atom stereocenters. The van der Waals surface area contributed by atoms with E-state index in [1.165, 1.54) is 31.7 Å². The molecule has 1 aliphatic carbocycles. The molecule has 4 nitrogen and oxygen atoms in total. The van der Waals surface area contributed by atoms with Crippen molar-refractivity contribution in [3.8, 4) is 0 Å². The molecule has 0 spiro atoms. The molecule has 0 radical (unpaired) electrons. The zero-order chi connectivity index (χ0) is 12.3. The van der Waals surface area contributed by atoms with Crippen molar-refractivity contribution in [3.63, 3.8) is 0 Å². The lowest BCUT2D eigenvalue weighted by Crippen LogP contribution is -2.10. The second-order valence-corrected chi connectivity index (χ2v) is 4.75. The van der Waals surface area contributed by atoms with Crippen LogP contribution in [0.3, 0.4) is 0 Å². The summed E-state index contributed by atoms with van der Waals surface area (Å²) in [5.41, 5.74) is 0.869. The first-order chi connectivity index (χ1) is 8.16. The van der Waals surface area contributed by atoms with Gasteiger partial charge in [0.1, 0.15) is 5.82 Å². The van der Waals surface area contributed by atoms with Gasteiger partial charge in [-0.2, -0.15) is 0 Å². The van der Waals surface area contributed by atoms with E-state index in [9.17, 15) is 4.79 Å². The molecule has 0 bridgehead atoms. The van der Waals surface area contributed by atoms with E-state index < -0.39 is 5.97 Å². The molecule has 0 aliphatic heterocycles. The fourth-order valence-corrected chi connectivity index (χ4v) is 2.42. The second kappa shape index (κ2) is 5.25. The Labute approximate surface area is 101 Å². The van der Waals surface area contributed by atoms with Crippen LogP contribution in [0.1, 0.15) is 66.4 Å². The topological polar surface area (TPSA) is 63.1 Å². The maximum Gasteiger partial charge on any atom is 0.354 e. The molecule has 0 atom stereocenters. The molecule has 4 heteroatoms. The maximum atomic E-state index is 11.0. The van der Waals surface area contributed by atoms with Gasteiger partial charge in [0.15, 0.2) is 5.69 Å². The van der Waals surface area contributed by atoms with Gasteiger partial charge < -0.3 is 5.11 Å². The first kappa shape index (κ1) is 12.0. The van der Waals surface area contributed by atoms with Crippen LogP contribution in [0.15, 0.2) is 6.07 Å². The largest absolute Gasteiger partial charge is 0.477 e. The number of rotatable bonds is 2. The Hall–Kier alpha value is -1.45. The number of carbonyl (C=O) groups is 1. The number of nitrogens with zero attached hydrogens (tertiary/aromatic N) is 2. The van der Waals surface area contributed by atoms with Gasteiger partial charge >= 0.3 is 5.97 Å². The van der Waals surface area contributed by atoms with Crippen LogP contribution < -0.4 is 0 Å². The van der Waals surface area contributed by atoms with E-state index in [4.69, 9.17) is 5.11 Å². The van der Waals surface area contributed by atoms with E-state index >= 15 is 0 Å². The summed E-state index contributed by atoms with van der Waals surface area (Å²) in [6, 6.07) is 1.53. The molecule has 0 saturated heterocycles. The lowest BCUT2D eigenvalue weighted by molar-refractivity contribution is 0.0689. The van der Waals surface area contributed by atoms with Crippen LogP contribution in [0.4, 0.5) is 0 Å². The number of aryl methyl sites for hydroxylation is 1. The first-order valence-electron chi connectivity index (χ1n) is 6.25. The van der Waals surface area contributed by atoms with Crippen molar-refractivity contribution >= 4 is 5.97 Å². The molecule has 1 heterocycles. The molecule has 0 amide bonds. The Bertz CT molecular complexity index is 410. The fraction of sp³-hybridized carbons (Fsp3) is 0.615. The normalized spacial score (nSPS) is 17.7. The molecular formula is C13H18N2O2. The lowest BCUT2D eigenvalue weighted by atomic mass is 9.99. The third-order valence-corrected chi connectivity index (χ3v) is 3.31. The zero-order valence-electron chi connectivity index (χ0n) is 10.1. The van der Waals surface area contributed by atoms with Crippen LogP contribution in [0.2, 0.25) is 0 Å². The Morgan fingerprint density at radius 2 is 1.88 bits per heavy atom. The molecule has 92 valence electrons. The molecule has 1 fully saturated rings. The molecule has 1 aliphatic rings. The monoisotopic (exact) mass is 234 g/mol. The van der Waals surface area contributed by atoms with E-state index in [2.05, 4.69) is 9.97 Å². The highest BCUT2D eigenvalue weighted by Gasteiger charge is 2.19. The Morgan fingerprint density at radius 3 is 2.47 bits per heavy atom. The number of hydrogen-bond donors (Lipinski definition) is 1. The van der Waals surface area contributed by atoms with E-state index in [1.807, 2.05) is 6.92 Å². The summed E-state index contributed by atoms with van der Waals surface area (Å²) in [5.74, 6) is 0.102. The molecule has 1 aromatic heterocycles. The summed E-state index contributed by atoms with van der Waals surface area (Å²) in [5, 5.41) is 9.00. The zero-order valence-corrected chi connectivity index (χ0v) is 10.1. The van der Waals surface area contributed by atoms with Crippen LogP contribution >= 0.6 is 0 Å². The third-order valence-electron chi connectivity index (χ3n) is 3.31. The highest BCUT2D eigenvalue weighted by atomic mass is 16.4. The van der Waals surface area contributed by atoms with Gasteiger partial charge in [0.2, 0.25) is 0 Å². The van der Waals surface area contributed by atoms with E-state index in [1.54, 1.807) is 0 Å². The molecule has 1 saturated carbocycles. The molecule has 0 aromatic carbocycles. The summed E-state index contributed by atoms with van der Waals surface area (Å²) in [6.07, 6.45) is 7.11. The number of carboxylic acid groups (broad SMARTS) is 1. The SMILES string of the molecule is Cc1cc(C(=O)O)nc(C2CCCCCC2)n1. The summed E-state index contributed by atoms with van der Waals surface area (Å²) in [6.45, 7) is 1.83. The lowest BCUT2D eigenvalue weighted by Gasteiger charge is -2.13. The Kier molecular flexibility index (Phi) is 3.71. The minimum atomic E-state index is -0.967. The van der Waals surface area contributed by atoms with Crippen LogP contribution in [0, 0.1) is 6.92 Å². The number of carboxylic acids is 1. The van der Waals surface area contributed by atoms with Crippen LogP contribution in [-0.4, -0.2) is 21.0 Å². The minimum Gasteiger partial charge on any atom is -0.477 e. The summed E-state index contributed by atoms with van der Waals surface area (Å²) in [7, 11) is 0. The third kappa shape index (κ3) is 3.02.